The van der Waals surface area contributed by atoms with E-state index in [9.17, 15) is 14.0 Å². The lowest BCUT2D eigenvalue weighted by molar-refractivity contribution is -0.135. The Bertz CT molecular complexity index is 847. The summed E-state index contributed by atoms with van der Waals surface area (Å²) in [6.07, 6.45) is 0. The molecular formula is C20H22ClFN2O3. The molecule has 0 aliphatic rings. The molecule has 0 aromatic heterocycles. The summed E-state index contributed by atoms with van der Waals surface area (Å²) in [7, 11) is 1.51. The number of carbonyl (C=O) groups is 2. The van der Waals surface area contributed by atoms with Gasteiger partial charge in [-0.3, -0.25) is 9.59 Å². The molecule has 0 spiro atoms. The number of hydrogen-bond acceptors (Lipinski definition) is 3. The van der Waals surface area contributed by atoms with E-state index in [-0.39, 0.29) is 29.8 Å². The lowest BCUT2D eigenvalue weighted by atomic mass is 10.1. The zero-order chi connectivity index (χ0) is 20.1. The van der Waals surface area contributed by atoms with Crippen molar-refractivity contribution in [3.8, 4) is 5.75 Å². The van der Waals surface area contributed by atoms with E-state index in [0.29, 0.717) is 0 Å². The van der Waals surface area contributed by atoms with Gasteiger partial charge in [0.2, 0.25) is 5.91 Å². The average molecular weight is 393 g/mol. The van der Waals surface area contributed by atoms with Crippen LogP contribution in [0.15, 0.2) is 30.3 Å². The summed E-state index contributed by atoms with van der Waals surface area (Å²) in [6.45, 7) is 5.41. The molecule has 2 rings (SSSR count). The Labute approximate surface area is 163 Å². The van der Waals surface area contributed by atoms with E-state index < -0.39 is 11.7 Å². The van der Waals surface area contributed by atoms with E-state index in [1.54, 1.807) is 0 Å². The van der Waals surface area contributed by atoms with Gasteiger partial charge in [-0.15, -0.1) is 0 Å². The second-order valence-electron chi connectivity index (χ2n) is 6.44. The third-order valence-electron chi connectivity index (χ3n) is 3.99. The van der Waals surface area contributed by atoms with Crippen LogP contribution >= 0.6 is 11.6 Å². The molecule has 0 fully saturated rings. The van der Waals surface area contributed by atoms with Gasteiger partial charge >= 0.3 is 0 Å². The lowest BCUT2D eigenvalue weighted by Crippen LogP contribution is -2.37. The van der Waals surface area contributed by atoms with Gasteiger partial charge in [0.15, 0.2) is 6.61 Å². The molecule has 27 heavy (non-hydrogen) atoms. The number of carbonyl (C=O) groups excluding carboxylic acids is 2. The van der Waals surface area contributed by atoms with Gasteiger partial charge in [-0.25, -0.2) is 4.39 Å². The topological polar surface area (TPSA) is 58.6 Å². The minimum absolute atomic E-state index is 0.0773. The van der Waals surface area contributed by atoms with Crippen LogP contribution in [-0.2, 0) is 9.59 Å². The normalized spacial score (nSPS) is 10.4. The number of rotatable bonds is 6. The van der Waals surface area contributed by atoms with Crippen LogP contribution in [0.5, 0.6) is 5.75 Å². The first-order valence-electron chi connectivity index (χ1n) is 8.37. The van der Waals surface area contributed by atoms with Crippen LogP contribution in [0.4, 0.5) is 10.1 Å². The van der Waals surface area contributed by atoms with E-state index in [0.717, 1.165) is 28.4 Å². The highest BCUT2D eigenvalue weighted by molar-refractivity contribution is 6.32. The van der Waals surface area contributed by atoms with Crippen LogP contribution < -0.4 is 10.1 Å². The molecule has 2 aromatic rings. The second-order valence-corrected chi connectivity index (χ2v) is 6.84. The first-order chi connectivity index (χ1) is 12.7. The number of hydrogen-bond donors (Lipinski definition) is 1. The van der Waals surface area contributed by atoms with Crippen LogP contribution in [0.2, 0.25) is 5.02 Å². The third kappa shape index (κ3) is 5.69. The molecular weight excluding hydrogens is 371 g/mol. The minimum Gasteiger partial charge on any atom is -0.482 e. The van der Waals surface area contributed by atoms with Crippen molar-refractivity contribution in [2.75, 3.05) is 25.5 Å². The van der Waals surface area contributed by atoms with E-state index in [1.165, 1.54) is 24.1 Å². The molecule has 1 N–H and O–H groups in total. The number of anilines is 1. The molecule has 0 aliphatic heterocycles. The van der Waals surface area contributed by atoms with Crippen LogP contribution in [0.25, 0.3) is 0 Å². The van der Waals surface area contributed by atoms with E-state index in [4.69, 9.17) is 16.3 Å². The van der Waals surface area contributed by atoms with Crippen molar-refractivity contribution in [2.45, 2.75) is 20.8 Å². The molecule has 144 valence electrons. The number of amides is 2. The molecule has 7 heteroatoms. The van der Waals surface area contributed by atoms with Gasteiger partial charge in [-0.1, -0.05) is 29.3 Å². The quantitative estimate of drug-likeness (QED) is 0.811. The molecule has 0 heterocycles. The first-order valence-corrected chi connectivity index (χ1v) is 8.74. The van der Waals surface area contributed by atoms with Gasteiger partial charge in [0, 0.05) is 12.7 Å². The molecule has 2 aromatic carbocycles. The van der Waals surface area contributed by atoms with Gasteiger partial charge in [-0.2, -0.15) is 0 Å². The Balaban J connectivity index is 1.91. The smallest absolute Gasteiger partial charge is 0.260 e. The van der Waals surface area contributed by atoms with Crippen LogP contribution in [0.3, 0.4) is 0 Å². The second kappa shape index (κ2) is 8.86. The summed E-state index contributed by atoms with van der Waals surface area (Å²) in [5.74, 6) is -0.993. The van der Waals surface area contributed by atoms with Crippen molar-refractivity contribution in [3.05, 3.63) is 57.9 Å². The predicted molar refractivity (Wildman–Crippen MR) is 104 cm³/mol. The number of nitrogens with zero attached hydrogens (tertiary/aromatic N) is 1. The minimum atomic E-state index is -0.492. The monoisotopic (exact) mass is 392 g/mol. The summed E-state index contributed by atoms with van der Waals surface area (Å²) >= 11 is 5.85. The van der Waals surface area contributed by atoms with E-state index >= 15 is 0 Å². The number of likely N-dealkylation sites (N-methyl/N-ethyl adjacent to an activating group) is 1. The Hall–Kier alpha value is -2.60. The number of nitrogens with one attached hydrogen (secondary N) is 1. The predicted octanol–water partition coefficient (Wildman–Crippen LogP) is 3.88. The Morgan fingerprint density at radius 2 is 1.78 bits per heavy atom. The molecule has 5 nitrogen and oxygen atoms in total. The third-order valence-corrected chi connectivity index (χ3v) is 4.29. The summed E-state index contributed by atoms with van der Waals surface area (Å²) in [4.78, 5) is 25.7. The van der Waals surface area contributed by atoms with Gasteiger partial charge < -0.3 is 15.0 Å². The fraction of sp³-hybridized carbons (Fsp3) is 0.300. The Morgan fingerprint density at radius 1 is 1.15 bits per heavy atom. The number of halogens is 2. The Kier molecular flexibility index (Phi) is 6.80. The van der Waals surface area contributed by atoms with Gasteiger partial charge in [0.25, 0.3) is 5.91 Å². The van der Waals surface area contributed by atoms with Crippen molar-refractivity contribution < 1.29 is 18.7 Å². The van der Waals surface area contributed by atoms with Crippen molar-refractivity contribution in [3.63, 3.8) is 0 Å². The van der Waals surface area contributed by atoms with E-state index in [2.05, 4.69) is 5.32 Å². The molecule has 2 amide bonds. The van der Waals surface area contributed by atoms with Crippen LogP contribution in [-0.4, -0.2) is 36.9 Å². The number of aryl methyl sites for hydroxylation is 3. The maximum atomic E-state index is 13.0. The highest BCUT2D eigenvalue weighted by Gasteiger charge is 2.16. The van der Waals surface area contributed by atoms with Gasteiger partial charge in [0.1, 0.15) is 11.6 Å². The maximum Gasteiger partial charge on any atom is 0.260 e. The summed E-state index contributed by atoms with van der Waals surface area (Å²) in [5.41, 5.74) is 3.79. The fourth-order valence-corrected chi connectivity index (χ4v) is 2.92. The molecule has 0 atom stereocenters. The number of ether oxygens (including phenoxy) is 1. The van der Waals surface area contributed by atoms with Gasteiger partial charge in [-0.05, 0) is 50.1 Å². The van der Waals surface area contributed by atoms with Gasteiger partial charge in [0.05, 0.1) is 11.6 Å². The standard InChI is InChI=1S/C20H22ClFN2O3/c1-12-7-13(2)20(14(3)8-12)23-18(25)10-24(4)19(26)11-27-17-6-5-15(22)9-16(17)21/h5-9H,10-11H2,1-4H3,(H,23,25). The molecule has 0 aliphatic carbocycles. The molecule has 0 bridgehead atoms. The largest absolute Gasteiger partial charge is 0.482 e. The summed E-state index contributed by atoms with van der Waals surface area (Å²) in [5, 5.41) is 2.92. The highest BCUT2D eigenvalue weighted by Crippen LogP contribution is 2.25. The van der Waals surface area contributed by atoms with Crippen LogP contribution in [0, 0.1) is 26.6 Å². The van der Waals surface area contributed by atoms with Crippen LogP contribution in [0.1, 0.15) is 16.7 Å². The lowest BCUT2D eigenvalue weighted by Gasteiger charge is -2.19. The maximum absolute atomic E-state index is 13.0. The van der Waals surface area contributed by atoms with Crippen molar-refractivity contribution in [2.24, 2.45) is 0 Å². The SMILES string of the molecule is Cc1cc(C)c(NC(=O)CN(C)C(=O)COc2ccc(F)cc2Cl)c(C)c1. The first kappa shape index (κ1) is 20.7. The number of benzene rings is 2. The highest BCUT2D eigenvalue weighted by atomic mass is 35.5. The molecule has 0 radical (unpaired) electrons. The van der Waals surface area contributed by atoms with Crippen molar-refractivity contribution >= 4 is 29.1 Å². The van der Waals surface area contributed by atoms with Crippen molar-refractivity contribution in [1.82, 2.24) is 4.90 Å². The zero-order valence-electron chi connectivity index (χ0n) is 15.7. The summed E-state index contributed by atoms with van der Waals surface area (Å²) < 4.78 is 18.3. The molecule has 0 saturated heterocycles. The van der Waals surface area contributed by atoms with E-state index in [1.807, 2.05) is 32.9 Å². The zero-order valence-corrected chi connectivity index (χ0v) is 16.5. The molecule has 0 saturated carbocycles. The average Bonchev–Trinajstić information content (AvgIpc) is 2.57. The Morgan fingerprint density at radius 3 is 2.37 bits per heavy atom. The summed E-state index contributed by atoms with van der Waals surface area (Å²) in [6, 6.07) is 7.61. The van der Waals surface area contributed by atoms with Crippen molar-refractivity contribution in [1.29, 1.82) is 0 Å². The molecule has 0 unspecified atom stereocenters. The fourth-order valence-electron chi connectivity index (χ4n) is 2.70.